The number of nitrogens with one attached hydrogen (secondary N) is 1. The van der Waals surface area contributed by atoms with Gasteiger partial charge in [-0.2, -0.15) is 5.10 Å². The lowest BCUT2D eigenvalue weighted by molar-refractivity contribution is 0.0289. The van der Waals surface area contributed by atoms with Crippen LogP contribution in [0.1, 0.15) is 58.9 Å². The number of hydrogen-bond donors (Lipinski definition) is 2. The van der Waals surface area contributed by atoms with Crippen molar-refractivity contribution in [1.82, 2.24) is 14.8 Å². The van der Waals surface area contributed by atoms with Crippen LogP contribution < -0.4 is 5.32 Å². The third-order valence-corrected chi connectivity index (χ3v) is 4.47. The average molecular weight is 304 g/mol. The number of aromatic nitrogens is 3. The van der Waals surface area contributed by atoms with E-state index in [0.717, 1.165) is 48.2 Å². The molecule has 2 aromatic heterocycles. The standard InChI is InChI=1S/C17H28N4O/c1-5-9-10-18-15-13-11-20-21(8-4)16(13)19-12-14(15)17(22,6-2)7-3/h11-12,22H,5-10H2,1-4H3,(H,18,19). The van der Waals surface area contributed by atoms with Gasteiger partial charge in [0.2, 0.25) is 0 Å². The molecule has 122 valence electrons. The van der Waals surface area contributed by atoms with E-state index >= 15 is 0 Å². The van der Waals surface area contributed by atoms with E-state index in [9.17, 15) is 5.11 Å². The first-order valence-electron chi connectivity index (χ1n) is 8.42. The number of nitrogens with zero attached hydrogens (tertiary/aromatic N) is 3. The SMILES string of the molecule is CCCCNc1c(C(O)(CC)CC)cnc2c1cnn2CC. The van der Waals surface area contributed by atoms with Crippen molar-refractivity contribution in [2.75, 3.05) is 11.9 Å². The molecular weight excluding hydrogens is 276 g/mol. The van der Waals surface area contributed by atoms with E-state index in [4.69, 9.17) is 0 Å². The maximum atomic E-state index is 11.0. The van der Waals surface area contributed by atoms with Gasteiger partial charge in [0.1, 0.15) is 0 Å². The number of unbranched alkanes of at least 4 members (excludes halogenated alkanes) is 1. The first-order valence-corrected chi connectivity index (χ1v) is 8.42. The first-order chi connectivity index (χ1) is 10.6. The molecule has 5 heteroatoms. The van der Waals surface area contributed by atoms with E-state index in [1.165, 1.54) is 0 Å². The molecule has 0 aliphatic heterocycles. The van der Waals surface area contributed by atoms with Gasteiger partial charge in [0.15, 0.2) is 5.65 Å². The second-order valence-corrected chi connectivity index (χ2v) is 5.76. The van der Waals surface area contributed by atoms with Crippen LogP contribution in [0.25, 0.3) is 11.0 Å². The van der Waals surface area contributed by atoms with Crippen LogP contribution in [0.4, 0.5) is 5.69 Å². The quantitative estimate of drug-likeness (QED) is 0.730. The lowest BCUT2D eigenvalue weighted by Crippen LogP contribution is -2.25. The summed E-state index contributed by atoms with van der Waals surface area (Å²) in [4.78, 5) is 4.56. The molecule has 0 aromatic carbocycles. The van der Waals surface area contributed by atoms with Crippen LogP contribution in [0.3, 0.4) is 0 Å². The summed E-state index contributed by atoms with van der Waals surface area (Å²) in [5.74, 6) is 0. The Labute approximate surface area is 132 Å². The van der Waals surface area contributed by atoms with Crippen LogP contribution >= 0.6 is 0 Å². The number of aryl methyl sites for hydroxylation is 1. The summed E-state index contributed by atoms with van der Waals surface area (Å²) >= 11 is 0. The molecule has 0 saturated carbocycles. The summed E-state index contributed by atoms with van der Waals surface area (Å²) in [7, 11) is 0. The lowest BCUT2D eigenvalue weighted by atomic mass is 9.88. The third-order valence-electron chi connectivity index (χ3n) is 4.47. The first kappa shape index (κ1) is 16.7. The molecule has 2 aromatic rings. The predicted molar refractivity (Wildman–Crippen MR) is 91.1 cm³/mol. The number of fused-ring (bicyclic) bond motifs is 1. The van der Waals surface area contributed by atoms with Gasteiger partial charge in [-0.05, 0) is 26.2 Å². The zero-order chi connectivity index (χ0) is 16.2. The number of anilines is 1. The molecule has 2 heterocycles. The fourth-order valence-corrected chi connectivity index (χ4v) is 2.82. The summed E-state index contributed by atoms with van der Waals surface area (Å²) in [6.45, 7) is 9.94. The Morgan fingerprint density at radius 2 is 1.91 bits per heavy atom. The van der Waals surface area contributed by atoms with Crippen molar-refractivity contribution in [3.63, 3.8) is 0 Å². The molecule has 0 fully saturated rings. The van der Waals surface area contributed by atoms with E-state index in [-0.39, 0.29) is 0 Å². The highest BCUT2D eigenvalue weighted by Gasteiger charge is 2.29. The minimum atomic E-state index is -0.843. The Kier molecular flexibility index (Phi) is 5.40. The van der Waals surface area contributed by atoms with Crippen LogP contribution in [0.5, 0.6) is 0 Å². The van der Waals surface area contributed by atoms with E-state index in [0.29, 0.717) is 12.8 Å². The smallest absolute Gasteiger partial charge is 0.159 e. The topological polar surface area (TPSA) is 63.0 Å². The summed E-state index contributed by atoms with van der Waals surface area (Å²) in [5.41, 5.74) is 1.91. The summed E-state index contributed by atoms with van der Waals surface area (Å²) in [6.07, 6.45) is 7.24. The normalized spacial score (nSPS) is 12.0. The van der Waals surface area contributed by atoms with Gasteiger partial charge in [0.05, 0.1) is 22.9 Å². The second-order valence-electron chi connectivity index (χ2n) is 5.76. The van der Waals surface area contributed by atoms with E-state index in [2.05, 4.69) is 29.2 Å². The van der Waals surface area contributed by atoms with Crippen LogP contribution in [0.15, 0.2) is 12.4 Å². The Morgan fingerprint density at radius 1 is 1.18 bits per heavy atom. The highest BCUT2D eigenvalue weighted by molar-refractivity contribution is 5.91. The molecule has 0 atom stereocenters. The van der Waals surface area contributed by atoms with Crippen molar-refractivity contribution in [3.05, 3.63) is 18.0 Å². The second kappa shape index (κ2) is 7.09. The van der Waals surface area contributed by atoms with Gasteiger partial charge < -0.3 is 10.4 Å². The van der Waals surface area contributed by atoms with E-state index in [1.807, 2.05) is 30.9 Å². The summed E-state index contributed by atoms with van der Waals surface area (Å²) in [5, 5.41) is 19.9. The Balaban J connectivity index is 2.57. The van der Waals surface area contributed by atoms with Crippen LogP contribution in [-0.2, 0) is 12.1 Å². The van der Waals surface area contributed by atoms with Gasteiger partial charge in [-0.3, -0.25) is 0 Å². The number of aliphatic hydroxyl groups is 1. The predicted octanol–water partition coefficient (Wildman–Crippen LogP) is 3.67. The molecule has 0 spiro atoms. The van der Waals surface area contributed by atoms with Crippen LogP contribution in [0, 0.1) is 0 Å². The van der Waals surface area contributed by atoms with E-state index in [1.54, 1.807) is 0 Å². The average Bonchev–Trinajstić information content (AvgIpc) is 2.97. The maximum Gasteiger partial charge on any atom is 0.159 e. The third kappa shape index (κ3) is 2.95. The zero-order valence-corrected chi connectivity index (χ0v) is 14.2. The zero-order valence-electron chi connectivity index (χ0n) is 14.2. The summed E-state index contributed by atoms with van der Waals surface area (Å²) in [6, 6.07) is 0. The molecule has 0 aliphatic carbocycles. The van der Waals surface area contributed by atoms with Crippen molar-refractivity contribution in [3.8, 4) is 0 Å². The molecule has 0 aliphatic rings. The molecule has 0 saturated heterocycles. The van der Waals surface area contributed by atoms with Gasteiger partial charge >= 0.3 is 0 Å². The molecule has 5 nitrogen and oxygen atoms in total. The monoisotopic (exact) mass is 304 g/mol. The Bertz CT molecular complexity index is 616. The fourth-order valence-electron chi connectivity index (χ4n) is 2.82. The minimum absolute atomic E-state index is 0.668. The van der Waals surface area contributed by atoms with Gasteiger partial charge in [0.25, 0.3) is 0 Å². The van der Waals surface area contributed by atoms with Gasteiger partial charge in [0, 0.05) is 24.8 Å². The summed E-state index contributed by atoms with van der Waals surface area (Å²) < 4.78 is 1.89. The largest absolute Gasteiger partial charge is 0.385 e. The minimum Gasteiger partial charge on any atom is -0.385 e. The van der Waals surface area contributed by atoms with Gasteiger partial charge in [-0.15, -0.1) is 0 Å². The Hall–Kier alpha value is -1.62. The van der Waals surface area contributed by atoms with Gasteiger partial charge in [-0.1, -0.05) is 27.2 Å². The number of rotatable bonds is 8. The number of pyridine rings is 1. The van der Waals surface area contributed by atoms with Crippen molar-refractivity contribution >= 4 is 16.7 Å². The van der Waals surface area contributed by atoms with Crippen molar-refractivity contribution in [2.45, 2.75) is 65.5 Å². The highest BCUT2D eigenvalue weighted by Crippen LogP contribution is 2.37. The van der Waals surface area contributed by atoms with Crippen molar-refractivity contribution in [1.29, 1.82) is 0 Å². The molecule has 22 heavy (non-hydrogen) atoms. The number of hydrogen-bond acceptors (Lipinski definition) is 4. The lowest BCUT2D eigenvalue weighted by Gasteiger charge is -2.28. The van der Waals surface area contributed by atoms with Crippen molar-refractivity contribution in [2.24, 2.45) is 0 Å². The van der Waals surface area contributed by atoms with Gasteiger partial charge in [-0.25, -0.2) is 9.67 Å². The fraction of sp³-hybridized carbons (Fsp3) is 0.647. The molecule has 2 N–H and O–H groups in total. The molecule has 2 rings (SSSR count). The van der Waals surface area contributed by atoms with Crippen LogP contribution in [-0.4, -0.2) is 26.4 Å². The van der Waals surface area contributed by atoms with Crippen molar-refractivity contribution < 1.29 is 5.11 Å². The van der Waals surface area contributed by atoms with Crippen LogP contribution in [0.2, 0.25) is 0 Å². The Morgan fingerprint density at radius 3 is 2.50 bits per heavy atom. The molecular formula is C17H28N4O. The molecule has 0 amide bonds. The highest BCUT2D eigenvalue weighted by atomic mass is 16.3. The van der Waals surface area contributed by atoms with E-state index < -0.39 is 5.60 Å². The molecule has 0 radical (unpaired) electrons. The maximum absolute atomic E-state index is 11.0. The molecule has 0 unspecified atom stereocenters. The molecule has 0 bridgehead atoms.